The average Bonchev–Trinajstić information content (AvgIpc) is 3.32. The Labute approximate surface area is 274 Å². The van der Waals surface area contributed by atoms with Crippen molar-refractivity contribution in [3.05, 3.63) is 117 Å². The Morgan fingerprint density at radius 3 is 2.27 bits per heavy atom. The minimum absolute atomic E-state index is 0.0244. The number of phenolic OH excluding ortho intramolecular Hbond substituents is 1. The monoisotopic (exact) mass is 723 g/mol. The minimum atomic E-state index is -1.38. The molecule has 0 aliphatic heterocycles. The van der Waals surface area contributed by atoms with Crippen LogP contribution in [0.15, 0.2) is 90.0 Å². The SMILES string of the molecule is Cc1cc(/C=N\NC(=O)[C@H](Cc2ccc(O)cc2)NC(=O)[C@H](CO)NC(=O)OCc2ccccc2)c(C)n1-c1ccc(I)cc1. The van der Waals surface area contributed by atoms with Crippen LogP contribution in [-0.2, 0) is 27.4 Å². The molecule has 0 radical (unpaired) electrons. The van der Waals surface area contributed by atoms with E-state index in [1.165, 1.54) is 18.3 Å². The standard InChI is InChI=1S/C33H34IN5O6/c1-21-16-25(22(2)39(21)27-12-10-26(34)11-13-27)18-35-38-32(43)29(17-23-8-14-28(41)15-9-23)36-31(42)30(19-40)37-33(44)45-20-24-6-4-3-5-7-24/h3-16,18,29-30,40-41H,17,19-20H2,1-2H3,(H,36,42)(H,37,44)(H,38,43)/b35-18-/t29-,30-/m0/s1. The van der Waals surface area contributed by atoms with E-state index in [9.17, 15) is 24.6 Å². The second kappa shape index (κ2) is 15.9. The lowest BCUT2D eigenvalue weighted by atomic mass is 10.0. The number of benzene rings is 3. The molecular weight excluding hydrogens is 689 g/mol. The highest BCUT2D eigenvalue weighted by molar-refractivity contribution is 14.1. The van der Waals surface area contributed by atoms with Gasteiger partial charge in [-0.3, -0.25) is 9.59 Å². The van der Waals surface area contributed by atoms with Gasteiger partial charge < -0.3 is 30.2 Å². The summed E-state index contributed by atoms with van der Waals surface area (Å²) in [6, 6.07) is 22.7. The smallest absolute Gasteiger partial charge is 0.408 e. The maximum atomic E-state index is 13.3. The Balaban J connectivity index is 1.43. The van der Waals surface area contributed by atoms with E-state index in [2.05, 4.69) is 48.3 Å². The Bertz CT molecular complexity index is 1640. The van der Waals surface area contributed by atoms with E-state index in [1.54, 1.807) is 36.4 Å². The number of aliphatic hydroxyl groups is 1. The lowest BCUT2D eigenvalue weighted by molar-refractivity contribution is -0.130. The molecule has 3 amide bonds. The van der Waals surface area contributed by atoms with E-state index >= 15 is 0 Å². The Morgan fingerprint density at radius 2 is 1.60 bits per heavy atom. The summed E-state index contributed by atoms with van der Waals surface area (Å²) in [5.74, 6) is -1.37. The van der Waals surface area contributed by atoms with E-state index in [0.717, 1.165) is 31.8 Å². The first-order valence-corrected chi connectivity index (χ1v) is 15.2. The average molecular weight is 724 g/mol. The van der Waals surface area contributed by atoms with Crippen LogP contribution in [0, 0.1) is 17.4 Å². The van der Waals surface area contributed by atoms with Crippen LogP contribution in [0.5, 0.6) is 5.75 Å². The molecule has 0 fully saturated rings. The van der Waals surface area contributed by atoms with Crippen molar-refractivity contribution in [1.82, 2.24) is 20.6 Å². The molecule has 0 unspecified atom stereocenters. The van der Waals surface area contributed by atoms with Crippen LogP contribution in [0.2, 0.25) is 0 Å². The Hall–Kier alpha value is -4.69. The van der Waals surface area contributed by atoms with Crippen molar-refractivity contribution in [2.75, 3.05) is 6.61 Å². The number of aliphatic hydroxyl groups excluding tert-OH is 1. The van der Waals surface area contributed by atoms with Gasteiger partial charge in [0.25, 0.3) is 5.91 Å². The summed E-state index contributed by atoms with van der Waals surface area (Å²) in [6.07, 6.45) is 0.676. The van der Waals surface area contributed by atoms with Crippen molar-refractivity contribution in [3.63, 3.8) is 0 Å². The maximum absolute atomic E-state index is 13.3. The number of carbonyl (C=O) groups excluding carboxylic acids is 3. The molecule has 0 aliphatic carbocycles. The van der Waals surface area contributed by atoms with Crippen LogP contribution in [0.4, 0.5) is 4.79 Å². The van der Waals surface area contributed by atoms with Crippen molar-refractivity contribution in [3.8, 4) is 11.4 Å². The van der Waals surface area contributed by atoms with Crippen molar-refractivity contribution in [2.24, 2.45) is 5.10 Å². The van der Waals surface area contributed by atoms with E-state index in [0.29, 0.717) is 5.56 Å². The summed E-state index contributed by atoms with van der Waals surface area (Å²) < 4.78 is 8.36. The number of hydrazone groups is 1. The number of carbonyl (C=O) groups is 3. The van der Waals surface area contributed by atoms with Gasteiger partial charge in [0.05, 0.1) is 12.8 Å². The number of aromatic nitrogens is 1. The number of nitrogens with one attached hydrogen (secondary N) is 3. The second-order valence-electron chi connectivity index (χ2n) is 10.2. The fraction of sp³-hybridized carbons (Fsp3) is 0.212. The van der Waals surface area contributed by atoms with Crippen molar-refractivity contribution in [2.45, 2.75) is 39.0 Å². The predicted octanol–water partition coefficient (Wildman–Crippen LogP) is 3.87. The topological polar surface area (TPSA) is 154 Å². The number of aromatic hydroxyl groups is 1. The van der Waals surface area contributed by atoms with Crippen molar-refractivity contribution < 1.29 is 29.3 Å². The summed E-state index contributed by atoms with van der Waals surface area (Å²) in [5, 5.41) is 28.5. The zero-order valence-electron chi connectivity index (χ0n) is 24.7. The molecule has 234 valence electrons. The van der Waals surface area contributed by atoms with Crippen LogP contribution in [0.3, 0.4) is 0 Å². The van der Waals surface area contributed by atoms with Crippen LogP contribution in [-0.4, -0.2) is 57.6 Å². The van der Waals surface area contributed by atoms with Gasteiger partial charge in [-0.2, -0.15) is 5.10 Å². The first kappa shape index (κ1) is 33.2. The molecule has 11 nitrogen and oxygen atoms in total. The van der Waals surface area contributed by atoms with Gasteiger partial charge in [0.2, 0.25) is 5.91 Å². The van der Waals surface area contributed by atoms with E-state index < -0.39 is 36.6 Å². The number of alkyl carbamates (subject to hydrolysis) is 1. The number of hydrogen-bond donors (Lipinski definition) is 5. The third kappa shape index (κ3) is 9.40. The molecule has 0 saturated heterocycles. The third-order valence-corrected chi connectivity index (χ3v) is 7.67. The molecule has 0 bridgehead atoms. The predicted molar refractivity (Wildman–Crippen MR) is 178 cm³/mol. The van der Waals surface area contributed by atoms with Crippen LogP contribution in [0.1, 0.15) is 28.1 Å². The van der Waals surface area contributed by atoms with Crippen LogP contribution < -0.4 is 16.1 Å². The lowest BCUT2D eigenvalue weighted by Crippen LogP contribution is -2.55. The number of rotatable bonds is 12. The summed E-state index contributed by atoms with van der Waals surface area (Å²) in [6.45, 7) is 3.18. The maximum Gasteiger partial charge on any atom is 0.408 e. The molecule has 4 rings (SSSR count). The number of ether oxygens (including phenoxy) is 1. The van der Waals surface area contributed by atoms with Gasteiger partial charge in [-0.05, 0) is 90.0 Å². The van der Waals surface area contributed by atoms with E-state index in [4.69, 9.17) is 4.74 Å². The zero-order chi connectivity index (χ0) is 32.3. The number of amides is 3. The lowest BCUT2D eigenvalue weighted by Gasteiger charge is -2.21. The Kier molecular flexibility index (Phi) is 11.7. The van der Waals surface area contributed by atoms with Gasteiger partial charge in [-0.1, -0.05) is 42.5 Å². The summed E-state index contributed by atoms with van der Waals surface area (Å²) in [5.41, 5.74) is 7.60. The highest BCUT2D eigenvalue weighted by Crippen LogP contribution is 2.20. The molecule has 5 N–H and O–H groups in total. The van der Waals surface area contributed by atoms with Gasteiger partial charge >= 0.3 is 6.09 Å². The molecule has 0 saturated carbocycles. The number of halogens is 1. The highest BCUT2D eigenvalue weighted by Gasteiger charge is 2.27. The normalized spacial score (nSPS) is 12.4. The second-order valence-corrected chi connectivity index (χ2v) is 11.5. The van der Waals surface area contributed by atoms with Gasteiger partial charge in [-0.15, -0.1) is 0 Å². The third-order valence-electron chi connectivity index (χ3n) is 6.95. The number of aryl methyl sites for hydroxylation is 1. The fourth-order valence-corrected chi connectivity index (χ4v) is 4.96. The van der Waals surface area contributed by atoms with Gasteiger partial charge in [-0.25, -0.2) is 10.2 Å². The van der Waals surface area contributed by atoms with Crippen molar-refractivity contribution >= 4 is 46.7 Å². The first-order chi connectivity index (χ1) is 21.6. The van der Waals surface area contributed by atoms with Gasteiger partial charge in [0.15, 0.2) is 0 Å². The van der Waals surface area contributed by atoms with Crippen LogP contribution in [0.25, 0.3) is 5.69 Å². The molecule has 1 heterocycles. The molecular formula is C33H34IN5O6. The number of hydrogen-bond acceptors (Lipinski definition) is 7. The number of nitrogens with zero attached hydrogens (tertiary/aromatic N) is 2. The molecule has 1 aromatic heterocycles. The molecule has 0 aliphatic rings. The molecule has 0 spiro atoms. The summed E-state index contributed by atoms with van der Waals surface area (Å²) >= 11 is 2.25. The van der Waals surface area contributed by atoms with Gasteiger partial charge in [0, 0.05) is 32.6 Å². The minimum Gasteiger partial charge on any atom is -0.508 e. The van der Waals surface area contributed by atoms with E-state index in [1.807, 2.05) is 50.2 Å². The van der Waals surface area contributed by atoms with Gasteiger partial charge in [0.1, 0.15) is 24.4 Å². The van der Waals surface area contributed by atoms with Crippen LogP contribution >= 0.6 is 22.6 Å². The molecule has 2 atom stereocenters. The largest absolute Gasteiger partial charge is 0.508 e. The highest BCUT2D eigenvalue weighted by atomic mass is 127. The quantitative estimate of drug-likeness (QED) is 0.0850. The first-order valence-electron chi connectivity index (χ1n) is 14.1. The van der Waals surface area contributed by atoms with E-state index in [-0.39, 0.29) is 18.8 Å². The summed E-state index contributed by atoms with van der Waals surface area (Å²) in [7, 11) is 0. The molecule has 4 aromatic rings. The Morgan fingerprint density at radius 1 is 0.911 bits per heavy atom. The zero-order valence-corrected chi connectivity index (χ0v) is 26.9. The summed E-state index contributed by atoms with van der Waals surface area (Å²) in [4.78, 5) is 38.7. The molecule has 3 aromatic carbocycles. The number of phenols is 1. The molecule has 12 heteroatoms. The molecule has 45 heavy (non-hydrogen) atoms. The fourth-order valence-electron chi connectivity index (χ4n) is 4.60. The van der Waals surface area contributed by atoms with Crippen molar-refractivity contribution in [1.29, 1.82) is 0 Å².